The van der Waals surface area contributed by atoms with Crippen molar-refractivity contribution >= 4 is 11.6 Å². The smallest absolute Gasteiger partial charge is 0.416 e. The lowest BCUT2D eigenvalue weighted by Crippen LogP contribution is -2.09. The average molecular weight is 418 g/mol. The van der Waals surface area contributed by atoms with Crippen molar-refractivity contribution in [1.82, 2.24) is 14.8 Å². The molecule has 0 saturated heterocycles. The molecular weight excluding hydrogens is 397 g/mol. The highest BCUT2D eigenvalue weighted by atomic mass is 19.4. The minimum atomic E-state index is -4.47. The summed E-state index contributed by atoms with van der Waals surface area (Å²) in [7, 11) is 0. The molecule has 1 aromatic heterocycles. The SMILES string of the molecule is CCC(=O)Nc1ccc(-n2nc(OC(C)C)nc2-c2cccc(C(F)(F)F)c2)cc1. The Bertz CT molecular complexity index is 1030. The number of anilines is 1. The van der Waals surface area contributed by atoms with Gasteiger partial charge in [0.25, 0.3) is 0 Å². The molecule has 0 unspecified atom stereocenters. The molecule has 0 radical (unpaired) electrons. The summed E-state index contributed by atoms with van der Waals surface area (Å²) in [6.07, 6.45) is -4.33. The second-order valence-corrected chi connectivity index (χ2v) is 6.82. The molecule has 158 valence electrons. The van der Waals surface area contributed by atoms with E-state index in [-0.39, 0.29) is 29.4 Å². The van der Waals surface area contributed by atoms with Crippen molar-refractivity contribution in [2.45, 2.75) is 39.5 Å². The summed E-state index contributed by atoms with van der Waals surface area (Å²) < 4.78 is 46.4. The predicted molar refractivity (Wildman–Crippen MR) is 106 cm³/mol. The molecule has 30 heavy (non-hydrogen) atoms. The summed E-state index contributed by atoms with van der Waals surface area (Å²) in [5.74, 6) is 0.0860. The zero-order valence-electron chi connectivity index (χ0n) is 16.7. The topological polar surface area (TPSA) is 69.0 Å². The standard InChI is InChI=1S/C21H21F3N4O2/c1-4-18(29)25-16-8-10-17(11-9-16)28-19(26-20(27-28)30-13(2)3)14-6-5-7-15(12-14)21(22,23)24/h5-13H,4H2,1-3H3,(H,25,29). The second-order valence-electron chi connectivity index (χ2n) is 6.82. The van der Waals surface area contributed by atoms with E-state index in [0.29, 0.717) is 17.8 Å². The Labute approximate surface area is 171 Å². The first kappa shape index (κ1) is 21.4. The Morgan fingerprint density at radius 3 is 2.47 bits per heavy atom. The number of ether oxygens (including phenoxy) is 1. The number of amides is 1. The first-order valence-corrected chi connectivity index (χ1v) is 9.39. The quantitative estimate of drug-likeness (QED) is 0.606. The van der Waals surface area contributed by atoms with Crippen LogP contribution >= 0.6 is 0 Å². The van der Waals surface area contributed by atoms with Gasteiger partial charge in [-0.1, -0.05) is 19.1 Å². The zero-order valence-corrected chi connectivity index (χ0v) is 16.7. The Balaban J connectivity index is 2.04. The first-order chi connectivity index (χ1) is 14.2. The van der Waals surface area contributed by atoms with E-state index in [9.17, 15) is 18.0 Å². The maximum absolute atomic E-state index is 13.2. The van der Waals surface area contributed by atoms with Gasteiger partial charge in [-0.05, 0) is 50.2 Å². The number of nitrogens with zero attached hydrogens (tertiary/aromatic N) is 3. The molecular formula is C21H21F3N4O2. The Kier molecular flexibility index (Phi) is 6.09. The van der Waals surface area contributed by atoms with Crippen LogP contribution in [-0.2, 0) is 11.0 Å². The molecule has 0 atom stereocenters. The van der Waals surface area contributed by atoms with E-state index in [1.54, 1.807) is 45.0 Å². The normalized spacial score (nSPS) is 11.6. The van der Waals surface area contributed by atoms with Crippen molar-refractivity contribution in [3.8, 4) is 23.1 Å². The van der Waals surface area contributed by atoms with Crippen molar-refractivity contribution in [2.24, 2.45) is 0 Å². The van der Waals surface area contributed by atoms with Crippen LogP contribution in [0, 0.1) is 0 Å². The van der Waals surface area contributed by atoms with Gasteiger partial charge in [0.05, 0.1) is 17.4 Å². The van der Waals surface area contributed by atoms with E-state index in [4.69, 9.17) is 4.74 Å². The molecule has 9 heteroatoms. The largest absolute Gasteiger partial charge is 0.460 e. The lowest BCUT2D eigenvalue weighted by atomic mass is 10.1. The number of benzene rings is 2. The third kappa shape index (κ3) is 4.97. The monoisotopic (exact) mass is 418 g/mol. The van der Waals surface area contributed by atoms with Crippen LogP contribution in [0.2, 0.25) is 0 Å². The van der Waals surface area contributed by atoms with Gasteiger partial charge in [-0.3, -0.25) is 4.79 Å². The number of hydrogen-bond donors (Lipinski definition) is 1. The molecule has 0 bridgehead atoms. The lowest BCUT2D eigenvalue weighted by Gasteiger charge is -2.10. The van der Waals surface area contributed by atoms with E-state index < -0.39 is 11.7 Å². The summed E-state index contributed by atoms with van der Waals surface area (Å²) in [5.41, 5.74) is 0.630. The van der Waals surface area contributed by atoms with Crippen molar-refractivity contribution in [1.29, 1.82) is 0 Å². The fourth-order valence-corrected chi connectivity index (χ4v) is 2.69. The summed E-state index contributed by atoms with van der Waals surface area (Å²) in [6, 6.07) is 11.7. The van der Waals surface area contributed by atoms with E-state index in [1.165, 1.54) is 16.8 Å². The van der Waals surface area contributed by atoms with Crippen molar-refractivity contribution < 1.29 is 22.7 Å². The molecule has 0 aliphatic heterocycles. The Hall–Kier alpha value is -3.36. The van der Waals surface area contributed by atoms with Crippen LogP contribution in [0.25, 0.3) is 17.1 Å². The van der Waals surface area contributed by atoms with Crippen LogP contribution in [0.1, 0.15) is 32.8 Å². The molecule has 0 aliphatic carbocycles. The molecule has 1 N–H and O–H groups in total. The summed E-state index contributed by atoms with van der Waals surface area (Å²) >= 11 is 0. The Morgan fingerprint density at radius 2 is 1.87 bits per heavy atom. The molecule has 0 spiro atoms. The third-order valence-corrected chi connectivity index (χ3v) is 4.09. The van der Waals surface area contributed by atoms with E-state index in [0.717, 1.165) is 12.1 Å². The van der Waals surface area contributed by atoms with Crippen LogP contribution in [0.15, 0.2) is 48.5 Å². The van der Waals surface area contributed by atoms with E-state index in [1.807, 2.05) is 0 Å². The number of nitrogens with one attached hydrogen (secondary N) is 1. The minimum absolute atomic E-state index is 0.0563. The highest BCUT2D eigenvalue weighted by Gasteiger charge is 2.31. The average Bonchev–Trinajstić information content (AvgIpc) is 3.11. The van der Waals surface area contributed by atoms with Crippen molar-refractivity contribution in [2.75, 3.05) is 5.32 Å². The fraction of sp³-hybridized carbons (Fsp3) is 0.286. The maximum atomic E-state index is 13.2. The highest BCUT2D eigenvalue weighted by Crippen LogP contribution is 2.33. The van der Waals surface area contributed by atoms with Crippen LogP contribution in [0.3, 0.4) is 0 Å². The number of halogens is 3. The lowest BCUT2D eigenvalue weighted by molar-refractivity contribution is -0.137. The number of alkyl halides is 3. The summed E-state index contributed by atoms with van der Waals surface area (Å²) in [4.78, 5) is 15.8. The van der Waals surface area contributed by atoms with Crippen molar-refractivity contribution in [3.05, 3.63) is 54.1 Å². The van der Waals surface area contributed by atoms with Gasteiger partial charge in [-0.2, -0.15) is 18.2 Å². The maximum Gasteiger partial charge on any atom is 0.416 e. The molecule has 1 amide bonds. The third-order valence-electron chi connectivity index (χ3n) is 4.09. The highest BCUT2D eigenvalue weighted by molar-refractivity contribution is 5.90. The molecule has 1 heterocycles. The van der Waals surface area contributed by atoms with Crippen LogP contribution < -0.4 is 10.1 Å². The van der Waals surface area contributed by atoms with Gasteiger partial charge >= 0.3 is 12.2 Å². The van der Waals surface area contributed by atoms with Gasteiger partial charge in [0.1, 0.15) is 0 Å². The molecule has 3 rings (SSSR count). The number of aromatic nitrogens is 3. The Morgan fingerprint density at radius 1 is 1.17 bits per heavy atom. The number of hydrogen-bond acceptors (Lipinski definition) is 4. The number of carbonyl (C=O) groups excluding carboxylic acids is 1. The van der Waals surface area contributed by atoms with Gasteiger partial charge in [0.2, 0.25) is 5.91 Å². The van der Waals surface area contributed by atoms with Gasteiger partial charge in [0.15, 0.2) is 5.82 Å². The molecule has 0 aliphatic rings. The van der Waals surface area contributed by atoms with Gasteiger partial charge < -0.3 is 10.1 Å². The van der Waals surface area contributed by atoms with Crippen LogP contribution in [-0.4, -0.2) is 26.8 Å². The molecule has 2 aromatic carbocycles. The van der Waals surface area contributed by atoms with Crippen molar-refractivity contribution in [3.63, 3.8) is 0 Å². The minimum Gasteiger partial charge on any atom is -0.460 e. The second kappa shape index (κ2) is 8.56. The van der Waals surface area contributed by atoms with E-state index in [2.05, 4.69) is 15.4 Å². The predicted octanol–water partition coefficient (Wildman–Crippen LogP) is 5.09. The zero-order chi connectivity index (χ0) is 21.9. The number of carbonyl (C=O) groups is 1. The molecule has 3 aromatic rings. The molecule has 6 nitrogen and oxygen atoms in total. The van der Waals surface area contributed by atoms with Gasteiger partial charge in [-0.25, -0.2) is 4.68 Å². The number of rotatable bonds is 6. The molecule has 0 saturated carbocycles. The van der Waals surface area contributed by atoms with Gasteiger partial charge in [-0.15, -0.1) is 5.10 Å². The summed E-state index contributed by atoms with van der Waals surface area (Å²) in [6.45, 7) is 5.35. The first-order valence-electron chi connectivity index (χ1n) is 9.39. The van der Waals surface area contributed by atoms with E-state index >= 15 is 0 Å². The van der Waals surface area contributed by atoms with Gasteiger partial charge in [0, 0.05) is 17.7 Å². The molecule has 0 fully saturated rings. The van der Waals surface area contributed by atoms with Crippen LogP contribution in [0.5, 0.6) is 6.01 Å². The fourth-order valence-electron chi connectivity index (χ4n) is 2.69. The van der Waals surface area contributed by atoms with Crippen LogP contribution in [0.4, 0.5) is 18.9 Å². The summed E-state index contributed by atoms with van der Waals surface area (Å²) in [5, 5.41) is 7.05.